The van der Waals surface area contributed by atoms with Crippen molar-refractivity contribution in [2.45, 2.75) is 13.3 Å². The van der Waals surface area contributed by atoms with Crippen LogP contribution in [0.5, 0.6) is 11.6 Å². The van der Waals surface area contributed by atoms with Crippen molar-refractivity contribution in [2.24, 2.45) is 12.8 Å². The lowest BCUT2D eigenvalue weighted by atomic mass is 10.1. The lowest BCUT2D eigenvalue weighted by Gasteiger charge is -2.11. The number of ether oxygens (including phenoxy) is 1. The van der Waals surface area contributed by atoms with Gasteiger partial charge in [-0.05, 0) is 61.3 Å². The Labute approximate surface area is 180 Å². The summed E-state index contributed by atoms with van der Waals surface area (Å²) >= 11 is 0. The molecule has 0 radical (unpaired) electrons. The Morgan fingerprint density at radius 1 is 1.00 bits per heavy atom. The Bertz CT molecular complexity index is 1240. The van der Waals surface area contributed by atoms with Gasteiger partial charge in [-0.3, -0.25) is 9.97 Å². The van der Waals surface area contributed by atoms with E-state index in [4.69, 9.17) is 10.5 Å². The smallest absolute Gasteiger partial charge is 0.218 e. The largest absolute Gasteiger partial charge is 0.439 e. The third kappa shape index (κ3) is 4.44. The van der Waals surface area contributed by atoms with Gasteiger partial charge in [0.1, 0.15) is 11.4 Å². The quantitative estimate of drug-likeness (QED) is 0.515. The van der Waals surface area contributed by atoms with E-state index in [1.165, 1.54) is 0 Å². The number of nitrogens with zero attached hydrogens (tertiary/aromatic N) is 5. The molecule has 31 heavy (non-hydrogen) atoms. The second-order valence-electron chi connectivity index (χ2n) is 7.23. The highest BCUT2D eigenvalue weighted by Crippen LogP contribution is 2.34. The van der Waals surface area contributed by atoms with Crippen LogP contribution in [0, 0.1) is 18.3 Å². The second kappa shape index (κ2) is 8.78. The first-order chi connectivity index (χ1) is 15.1. The molecule has 3 aromatic heterocycles. The molecule has 0 atom stereocenters. The van der Waals surface area contributed by atoms with Crippen LogP contribution in [0.15, 0.2) is 60.9 Å². The molecule has 0 aliphatic heterocycles. The van der Waals surface area contributed by atoms with E-state index in [1.807, 2.05) is 49.5 Å². The summed E-state index contributed by atoms with van der Waals surface area (Å²) in [5.41, 5.74) is 11.3. The Morgan fingerprint density at radius 2 is 1.81 bits per heavy atom. The molecule has 3 heterocycles. The fraction of sp³-hybridized carbons (Fsp3) is 0.167. The Morgan fingerprint density at radius 3 is 2.48 bits per heavy atom. The standard InChI is InChI=1S/C24H22N6O/c1-16-3-7-21(27-14-16)22-12-24(30(2)29-22)31-23-11-18(13-26)4-6-19(23)20-8-5-17(9-10-25)15-28-20/h3-8,11-12,14-15H,9-10,25H2,1-2H3. The van der Waals surface area contributed by atoms with E-state index in [0.29, 0.717) is 29.4 Å². The van der Waals surface area contributed by atoms with E-state index >= 15 is 0 Å². The molecule has 0 aliphatic carbocycles. The van der Waals surface area contributed by atoms with Crippen LogP contribution in [0.1, 0.15) is 16.7 Å². The molecule has 0 saturated heterocycles. The molecule has 2 N–H and O–H groups in total. The van der Waals surface area contributed by atoms with Crippen LogP contribution in [0.3, 0.4) is 0 Å². The molecule has 0 spiro atoms. The minimum atomic E-state index is 0.501. The summed E-state index contributed by atoms with van der Waals surface area (Å²) in [6, 6.07) is 17.2. The maximum absolute atomic E-state index is 9.36. The van der Waals surface area contributed by atoms with Gasteiger partial charge in [-0.1, -0.05) is 12.1 Å². The Balaban J connectivity index is 1.69. The van der Waals surface area contributed by atoms with Crippen LogP contribution in [0.2, 0.25) is 0 Å². The predicted molar refractivity (Wildman–Crippen MR) is 118 cm³/mol. The van der Waals surface area contributed by atoms with E-state index < -0.39 is 0 Å². The average Bonchev–Trinajstić information content (AvgIpc) is 3.15. The molecular formula is C24H22N6O. The molecule has 4 rings (SSSR count). The summed E-state index contributed by atoms with van der Waals surface area (Å²) in [5, 5.41) is 13.9. The molecule has 7 heteroatoms. The van der Waals surface area contributed by atoms with Gasteiger partial charge >= 0.3 is 0 Å². The van der Waals surface area contributed by atoms with Crippen molar-refractivity contribution in [2.75, 3.05) is 6.54 Å². The average molecular weight is 410 g/mol. The summed E-state index contributed by atoms with van der Waals surface area (Å²) in [5.74, 6) is 1.07. The molecule has 0 unspecified atom stereocenters. The fourth-order valence-corrected chi connectivity index (χ4v) is 3.19. The SMILES string of the molecule is Cc1ccc(-c2cc(Oc3cc(C#N)ccc3-c3ccc(CCN)cn3)n(C)n2)nc1. The minimum Gasteiger partial charge on any atom is -0.439 e. The molecule has 0 saturated carbocycles. The van der Waals surface area contributed by atoms with Gasteiger partial charge in [-0.25, -0.2) is 4.68 Å². The molecule has 7 nitrogen and oxygen atoms in total. The minimum absolute atomic E-state index is 0.501. The first kappa shape index (κ1) is 20.3. The maximum atomic E-state index is 9.36. The first-order valence-electron chi connectivity index (χ1n) is 9.92. The highest BCUT2D eigenvalue weighted by molar-refractivity contribution is 5.69. The zero-order chi connectivity index (χ0) is 21.8. The lowest BCUT2D eigenvalue weighted by molar-refractivity contribution is 0.432. The monoisotopic (exact) mass is 410 g/mol. The first-order valence-corrected chi connectivity index (χ1v) is 9.92. The highest BCUT2D eigenvalue weighted by Gasteiger charge is 2.15. The van der Waals surface area contributed by atoms with Crippen LogP contribution in [0.25, 0.3) is 22.6 Å². The zero-order valence-electron chi connectivity index (χ0n) is 17.4. The molecule has 4 aromatic rings. The van der Waals surface area contributed by atoms with Gasteiger partial charge in [0.15, 0.2) is 0 Å². The van der Waals surface area contributed by atoms with E-state index in [9.17, 15) is 5.26 Å². The number of nitriles is 1. The number of aryl methyl sites for hydroxylation is 2. The van der Waals surface area contributed by atoms with E-state index in [1.54, 1.807) is 30.1 Å². The number of aromatic nitrogens is 4. The van der Waals surface area contributed by atoms with Gasteiger partial charge in [-0.2, -0.15) is 10.4 Å². The number of benzene rings is 1. The molecule has 0 aliphatic rings. The summed E-state index contributed by atoms with van der Waals surface area (Å²) in [4.78, 5) is 8.99. The van der Waals surface area contributed by atoms with E-state index in [0.717, 1.165) is 34.5 Å². The van der Waals surface area contributed by atoms with Crippen LogP contribution >= 0.6 is 0 Å². The number of pyridine rings is 2. The zero-order valence-corrected chi connectivity index (χ0v) is 17.4. The van der Waals surface area contributed by atoms with E-state index in [-0.39, 0.29) is 0 Å². The van der Waals surface area contributed by atoms with Crippen LogP contribution in [-0.4, -0.2) is 26.3 Å². The normalized spacial score (nSPS) is 10.6. The summed E-state index contributed by atoms with van der Waals surface area (Å²) in [7, 11) is 1.81. The van der Waals surface area contributed by atoms with Crippen molar-refractivity contribution < 1.29 is 4.74 Å². The van der Waals surface area contributed by atoms with Gasteiger partial charge in [0.25, 0.3) is 0 Å². The third-order valence-electron chi connectivity index (χ3n) is 4.87. The molecular weight excluding hydrogens is 388 g/mol. The van der Waals surface area contributed by atoms with Gasteiger partial charge in [0.2, 0.25) is 5.88 Å². The van der Waals surface area contributed by atoms with Crippen molar-refractivity contribution in [1.82, 2.24) is 19.7 Å². The summed E-state index contributed by atoms with van der Waals surface area (Å²) < 4.78 is 7.85. The number of hydrogen-bond acceptors (Lipinski definition) is 6. The molecule has 154 valence electrons. The summed E-state index contributed by atoms with van der Waals surface area (Å²) in [6.07, 6.45) is 4.39. The van der Waals surface area contributed by atoms with Crippen LogP contribution < -0.4 is 10.5 Å². The molecule has 0 fully saturated rings. The van der Waals surface area contributed by atoms with E-state index in [2.05, 4.69) is 21.1 Å². The van der Waals surface area contributed by atoms with Crippen molar-refractivity contribution in [3.8, 4) is 40.3 Å². The Kier molecular flexibility index (Phi) is 5.74. The second-order valence-corrected chi connectivity index (χ2v) is 7.23. The third-order valence-corrected chi connectivity index (χ3v) is 4.87. The Hall–Kier alpha value is -4.02. The van der Waals surface area contributed by atoms with Crippen molar-refractivity contribution in [3.63, 3.8) is 0 Å². The van der Waals surface area contributed by atoms with Crippen molar-refractivity contribution in [1.29, 1.82) is 5.26 Å². The van der Waals surface area contributed by atoms with Crippen LogP contribution in [0.4, 0.5) is 0 Å². The topological polar surface area (TPSA) is 103 Å². The van der Waals surface area contributed by atoms with Crippen molar-refractivity contribution >= 4 is 0 Å². The number of rotatable bonds is 6. The van der Waals surface area contributed by atoms with Gasteiger partial charge in [0.05, 0.1) is 23.0 Å². The predicted octanol–water partition coefficient (Wildman–Crippen LogP) is 4.02. The van der Waals surface area contributed by atoms with Gasteiger partial charge in [0, 0.05) is 31.1 Å². The molecule has 0 bridgehead atoms. The molecule has 1 aromatic carbocycles. The van der Waals surface area contributed by atoms with Crippen molar-refractivity contribution in [3.05, 3.63) is 77.6 Å². The van der Waals surface area contributed by atoms with Gasteiger partial charge in [-0.15, -0.1) is 0 Å². The fourth-order valence-electron chi connectivity index (χ4n) is 3.19. The lowest BCUT2D eigenvalue weighted by Crippen LogP contribution is -2.03. The van der Waals surface area contributed by atoms with Crippen LogP contribution in [-0.2, 0) is 13.5 Å². The summed E-state index contributed by atoms with van der Waals surface area (Å²) in [6.45, 7) is 2.56. The number of hydrogen-bond donors (Lipinski definition) is 1. The molecule has 0 amide bonds. The highest BCUT2D eigenvalue weighted by atomic mass is 16.5. The number of nitrogens with two attached hydrogens (primary N) is 1. The maximum Gasteiger partial charge on any atom is 0.218 e. The van der Waals surface area contributed by atoms with Gasteiger partial charge < -0.3 is 10.5 Å².